The van der Waals surface area contributed by atoms with Crippen molar-refractivity contribution in [2.75, 3.05) is 13.9 Å². The van der Waals surface area contributed by atoms with Gasteiger partial charge < -0.3 is 9.47 Å². The molecule has 0 bridgehead atoms. The van der Waals surface area contributed by atoms with E-state index in [0.717, 1.165) is 21.7 Å². The van der Waals surface area contributed by atoms with Gasteiger partial charge in [0.1, 0.15) is 0 Å². The fraction of sp³-hybridized carbons (Fsp3) is 0.167. The molecule has 0 N–H and O–H groups in total. The number of nitrogens with zero attached hydrogens (tertiary/aromatic N) is 1. The zero-order valence-corrected chi connectivity index (χ0v) is 10.7. The van der Waals surface area contributed by atoms with Crippen LogP contribution in [-0.2, 0) is 4.74 Å². The highest BCUT2D eigenvalue weighted by Crippen LogP contribution is 2.23. The molecule has 1 aromatic heterocycles. The van der Waals surface area contributed by atoms with Crippen molar-refractivity contribution in [2.24, 2.45) is 0 Å². The number of hydrogen-bond donors (Lipinski definition) is 0. The Balaban J connectivity index is 2.52. The summed E-state index contributed by atoms with van der Waals surface area (Å²) in [6.07, 6.45) is 0.721. The van der Waals surface area contributed by atoms with E-state index in [4.69, 9.17) is 9.47 Å². The van der Waals surface area contributed by atoms with Crippen molar-refractivity contribution in [3.63, 3.8) is 0 Å². The van der Waals surface area contributed by atoms with Crippen LogP contribution in [0, 0.1) is 0 Å². The van der Waals surface area contributed by atoms with Crippen LogP contribution in [0.5, 0.6) is 5.88 Å². The van der Waals surface area contributed by atoms with Gasteiger partial charge in [-0.3, -0.25) is 4.79 Å². The largest absolute Gasteiger partial charge is 0.450 e. The van der Waals surface area contributed by atoms with Crippen molar-refractivity contribution >= 4 is 33.1 Å². The standard InChI is InChI=1S/C12H10BrNO3/c1-16-7-17-12-9(6-15)4-8-5-10(13)2-3-11(8)14-12/h2-6H,7H2,1H3. The molecule has 0 aliphatic carbocycles. The van der Waals surface area contributed by atoms with Crippen LogP contribution < -0.4 is 4.74 Å². The first-order valence-electron chi connectivity index (χ1n) is 4.92. The molecule has 4 nitrogen and oxygen atoms in total. The zero-order chi connectivity index (χ0) is 12.3. The molecule has 0 radical (unpaired) electrons. The Kier molecular flexibility index (Phi) is 3.71. The summed E-state index contributed by atoms with van der Waals surface area (Å²) in [7, 11) is 1.51. The number of carbonyl (C=O) groups excluding carboxylic acids is 1. The van der Waals surface area contributed by atoms with Crippen LogP contribution in [0.2, 0.25) is 0 Å². The highest BCUT2D eigenvalue weighted by atomic mass is 79.9. The Labute approximate surface area is 107 Å². The van der Waals surface area contributed by atoms with Crippen LogP contribution in [0.25, 0.3) is 10.9 Å². The van der Waals surface area contributed by atoms with Gasteiger partial charge in [-0.15, -0.1) is 0 Å². The molecule has 0 fully saturated rings. The fourth-order valence-electron chi connectivity index (χ4n) is 1.46. The first-order valence-corrected chi connectivity index (χ1v) is 5.71. The van der Waals surface area contributed by atoms with Crippen molar-refractivity contribution in [3.05, 3.63) is 34.3 Å². The van der Waals surface area contributed by atoms with Crippen molar-refractivity contribution in [1.29, 1.82) is 0 Å². The van der Waals surface area contributed by atoms with Gasteiger partial charge in [-0.05, 0) is 24.3 Å². The average molecular weight is 296 g/mol. The summed E-state index contributed by atoms with van der Waals surface area (Å²) in [6, 6.07) is 7.38. The summed E-state index contributed by atoms with van der Waals surface area (Å²) >= 11 is 3.37. The molecule has 17 heavy (non-hydrogen) atoms. The summed E-state index contributed by atoms with van der Waals surface area (Å²) in [4.78, 5) is 15.2. The van der Waals surface area contributed by atoms with Crippen LogP contribution in [0.1, 0.15) is 10.4 Å². The molecule has 1 heterocycles. The molecule has 0 atom stereocenters. The minimum absolute atomic E-state index is 0.0654. The van der Waals surface area contributed by atoms with E-state index in [9.17, 15) is 4.79 Å². The Morgan fingerprint density at radius 2 is 2.24 bits per heavy atom. The van der Waals surface area contributed by atoms with Gasteiger partial charge in [0.2, 0.25) is 5.88 Å². The van der Waals surface area contributed by atoms with E-state index in [1.807, 2.05) is 18.2 Å². The summed E-state index contributed by atoms with van der Waals surface area (Å²) in [5.41, 5.74) is 1.18. The highest BCUT2D eigenvalue weighted by Gasteiger charge is 2.07. The minimum Gasteiger partial charge on any atom is -0.450 e. The second-order valence-corrected chi connectivity index (χ2v) is 4.30. The van der Waals surface area contributed by atoms with Gasteiger partial charge in [0.15, 0.2) is 13.1 Å². The van der Waals surface area contributed by atoms with Crippen molar-refractivity contribution in [2.45, 2.75) is 0 Å². The predicted octanol–water partition coefficient (Wildman–Crippen LogP) is 2.79. The van der Waals surface area contributed by atoms with Gasteiger partial charge in [0.05, 0.1) is 11.1 Å². The maximum Gasteiger partial charge on any atom is 0.226 e. The number of rotatable bonds is 4. The van der Waals surface area contributed by atoms with E-state index < -0.39 is 0 Å². The topological polar surface area (TPSA) is 48.4 Å². The van der Waals surface area contributed by atoms with E-state index in [2.05, 4.69) is 20.9 Å². The van der Waals surface area contributed by atoms with Gasteiger partial charge in [-0.2, -0.15) is 0 Å². The minimum atomic E-state index is 0.0654. The van der Waals surface area contributed by atoms with Gasteiger partial charge in [0.25, 0.3) is 0 Å². The summed E-state index contributed by atoms with van der Waals surface area (Å²) in [5.74, 6) is 0.289. The van der Waals surface area contributed by atoms with Crippen LogP contribution in [0.15, 0.2) is 28.7 Å². The molecule has 2 rings (SSSR count). The lowest BCUT2D eigenvalue weighted by Crippen LogP contribution is -2.03. The Bertz CT molecular complexity index is 557. The first kappa shape index (κ1) is 12.0. The summed E-state index contributed by atoms with van der Waals surface area (Å²) in [6.45, 7) is 0.0654. The van der Waals surface area contributed by atoms with Crippen molar-refractivity contribution in [3.8, 4) is 5.88 Å². The molecule has 88 valence electrons. The fourth-order valence-corrected chi connectivity index (χ4v) is 1.84. The third kappa shape index (κ3) is 2.62. The molecular weight excluding hydrogens is 286 g/mol. The summed E-state index contributed by atoms with van der Waals surface area (Å²) < 4.78 is 11.0. The Morgan fingerprint density at radius 3 is 2.94 bits per heavy atom. The number of fused-ring (bicyclic) bond motifs is 1. The molecule has 0 amide bonds. The number of benzene rings is 1. The number of aldehydes is 1. The molecule has 0 saturated carbocycles. The third-order valence-corrected chi connectivity index (χ3v) is 2.70. The van der Waals surface area contributed by atoms with E-state index in [1.54, 1.807) is 6.07 Å². The predicted molar refractivity (Wildman–Crippen MR) is 67.3 cm³/mol. The summed E-state index contributed by atoms with van der Waals surface area (Å²) in [5, 5.41) is 0.881. The number of halogens is 1. The maximum absolute atomic E-state index is 10.9. The molecule has 0 saturated heterocycles. The van der Waals surface area contributed by atoms with Gasteiger partial charge in [0, 0.05) is 17.0 Å². The smallest absolute Gasteiger partial charge is 0.226 e. The van der Waals surface area contributed by atoms with E-state index in [-0.39, 0.29) is 12.7 Å². The second-order valence-electron chi connectivity index (χ2n) is 3.39. The van der Waals surface area contributed by atoms with Crippen molar-refractivity contribution in [1.82, 2.24) is 4.98 Å². The second kappa shape index (κ2) is 5.25. The lowest BCUT2D eigenvalue weighted by molar-refractivity contribution is 0.0475. The van der Waals surface area contributed by atoms with Crippen LogP contribution >= 0.6 is 15.9 Å². The quantitative estimate of drug-likeness (QED) is 0.643. The molecule has 2 aromatic rings. The van der Waals surface area contributed by atoms with E-state index >= 15 is 0 Å². The molecular formula is C12H10BrNO3. The van der Waals surface area contributed by atoms with Crippen molar-refractivity contribution < 1.29 is 14.3 Å². The number of hydrogen-bond acceptors (Lipinski definition) is 4. The maximum atomic E-state index is 10.9. The third-order valence-electron chi connectivity index (χ3n) is 2.21. The number of carbonyl (C=O) groups is 1. The lowest BCUT2D eigenvalue weighted by atomic mass is 10.1. The molecule has 0 spiro atoms. The highest BCUT2D eigenvalue weighted by molar-refractivity contribution is 9.10. The number of ether oxygens (including phenoxy) is 2. The first-order chi connectivity index (χ1) is 8.24. The number of aromatic nitrogens is 1. The number of methoxy groups -OCH3 is 1. The molecule has 1 aromatic carbocycles. The monoisotopic (exact) mass is 295 g/mol. The van der Waals surface area contributed by atoms with E-state index in [0.29, 0.717) is 5.56 Å². The number of pyridine rings is 1. The Morgan fingerprint density at radius 1 is 1.41 bits per heavy atom. The van der Waals surface area contributed by atoms with E-state index in [1.165, 1.54) is 7.11 Å². The molecule has 0 aliphatic heterocycles. The lowest BCUT2D eigenvalue weighted by Gasteiger charge is -2.07. The van der Waals surface area contributed by atoms with Gasteiger partial charge in [-0.25, -0.2) is 4.98 Å². The van der Waals surface area contributed by atoms with Crippen LogP contribution in [0.4, 0.5) is 0 Å². The van der Waals surface area contributed by atoms with Crippen LogP contribution in [0.3, 0.4) is 0 Å². The normalized spacial score (nSPS) is 10.5. The SMILES string of the molecule is COCOc1nc2ccc(Br)cc2cc1C=O. The molecule has 5 heteroatoms. The van der Waals surface area contributed by atoms with Gasteiger partial charge >= 0.3 is 0 Å². The van der Waals surface area contributed by atoms with Gasteiger partial charge in [-0.1, -0.05) is 15.9 Å². The zero-order valence-electron chi connectivity index (χ0n) is 9.14. The molecule has 0 aliphatic rings. The Hall–Kier alpha value is -1.46. The van der Waals surface area contributed by atoms with Crippen LogP contribution in [-0.4, -0.2) is 25.2 Å². The molecule has 0 unspecified atom stereocenters. The average Bonchev–Trinajstić information content (AvgIpc) is 2.35.